The van der Waals surface area contributed by atoms with Crippen molar-refractivity contribution >= 4 is 29.5 Å². The minimum absolute atomic E-state index is 0.838. The van der Waals surface area contributed by atoms with Crippen molar-refractivity contribution in [3.05, 3.63) is 36.4 Å². The van der Waals surface area contributed by atoms with Crippen molar-refractivity contribution < 1.29 is 9.47 Å². The highest BCUT2D eigenvalue weighted by molar-refractivity contribution is 8.02. The summed E-state index contributed by atoms with van der Waals surface area (Å²) in [6.45, 7) is 5.87. The van der Waals surface area contributed by atoms with Gasteiger partial charge in [0.05, 0.1) is 32.9 Å². The molecule has 4 rings (SSSR count). The number of anilines is 3. The molecule has 150 valence electrons. The molecule has 0 bridgehead atoms. The summed E-state index contributed by atoms with van der Waals surface area (Å²) in [5.41, 5.74) is 1.17. The van der Waals surface area contributed by atoms with E-state index in [1.807, 2.05) is 24.3 Å². The second kappa shape index (κ2) is 8.36. The van der Waals surface area contributed by atoms with Crippen LogP contribution in [0.2, 0.25) is 0 Å². The summed E-state index contributed by atoms with van der Waals surface area (Å²) in [7, 11) is 5.56. The smallest absolute Gasteiger partial charge is 0.173 e. The van der Waals surface area contributed by atoms with Gasteiger partial charge in [0.15, 0.2) is 11.6 Å². The van der Waals surface area contributed by atoms with Crippen LogP contribution in [0.15, 0.2) is 36.4 Å². The number of hydrogen-bond acceptors (Lipinski definition) is 8. The lowest BCUT2D eigenvalue weighted by Gasteiger charge is -2.34. The van der Waals surface area contributed by atoms with E-state index in [0.29, 0.717) is 0 Å². The number of rotatable bonds is 5. The lowest BCUT2D eigenvalue weighted by Crippen LogP contribution is -2.45. The summed E-state index contributed by atoms with van der Waals surface area (Å²) in [5, 5.41) is 0. The molecule has 1 aromatic carbocycles. The molecule has 0 saturated carbocycles. The van der Waals surface area contributed by atoms with E-state index in [1.165, 1.54) is 5.69 Å². The van der Waals surface area contributed by atoms with Gasteiger partial charge in [-0.2, -0.15) is 0 Å². The van der Waals surface area contributed by atoms with Crippen molar-refractivity contribution in [1.29, 1.82) is 0 Å². The number of nitrogens with zero attached hydrogens (tertiary/aromatic N) is 5. The maximum absolute atomic E-state index is 5.59. The van der Waals surface area contributed by atoms with Crippen LogP contribution in [-0.4, -0.2) is 70.4 Å². The second-order valence-corrected chi connectivity index (χ2v) is 8.01. The summed E-state index contributed by atoms with van der Waals surface area (Å²) in [6.07, 6.45) is 0. The molecule has 7 nitrogen and oxygen atoms in total. The minimum atomic E-state index is 0.838. The van der Waals surface area contributed by atoms with Crippen molar-refractivity contribution in [2.45, 2.75) is 0 Å². The molecule has 2 fully saturated rings. The Bertz CT molecular complexity index is 796. The summed E-state index contributed by atoms with van der Waals surface area (Å²) in [6, 6.07) is 12.2. The molecular weight excluding hydrogens is 374 g/mol. The predicted octanol–water partition coefficient (Wildman–Crippen LogP) is 2.74. The van der Waals surface area contributed by atoms with E-state index in [1.54, 1.807) is 26.4 Å². The highest BCUT2D eigenvalue weighted by atomic mass is 32.2. The molecule has 2 aliphatic rings. The van der Waals surface area contributed by atoms with Crippen LogP contribution in [0.25, 0.3) is 0 Å². The molecule has 3 heterocycles. The highest BCUT2D eigenvalue weighted by Crippen LogP contribution is 2.37. The third kappa shape index (κ3) is 3.93. The molecule has 0 radical (unpaired) electrons. The second-order valence-electron chi connectivity index (χ2n) is 6.97. The topological polar surface area (TPSA) is 44.3 Å². The number of likely N-dealkylation sites (N-methyl/N-ethyl adjacent to an activating group) is 1. The SMILES string of the molecule is COc1ccc(N2CCN(c3ccc(OC)c(N4CCN(C)CC4)n3)S2)cc1. The van der Waals surface area contributed by atoms with E-state index >= 15 is 0 Å². The maximum Gasteiger partial charge on any atom is 0.173 e. The van der Waals surface area contributed by atoms with Crippen LogP contribution in [0.5, 0.6) is 11.5 Å². The average Bonchev–Trinajstić information content (AvgIpc) is 3.24. The zero-order chi connectivity index (χ0) is 19.5. The molecule has 0 amide bonds. The van der Waals surface area contributed by atoms with Crippen molar-refractivity contribution in [3.63, 3.8) is 0 Å². The van der Waals surface area contributed by atoms with Crippen molar-refractivity contribution in [2.24, 2.45) is 0 Å². The average molecular weight is 402 g/mol. The molecular formula is C20H27N5O2S. The highest BCUT2D eigenvalue weighted by Gasteiger charge is 2.26. The molecule has 2 aromatic rings. The number of benzene rings is 1. The number of hydrogen-bond donors (Lipinski definition) is 0. The molecule has 8 heteroatoms. The predicted molar refractivity (Wildman–Crippen MR) is 116 cm³/mol. The number of ether oxygens (including phenoxy) is 2. The zero-order valence-corrected chi connectivity index (χ0v) is 17.5. The normalized spacial score (nSPS) is 17.9. The fraction of sp³-hybridized carbons (Fsp3) is 0.450. The van der Waals surface area contributed by atoms with Gasteiger partial charge in [0.1, 0.15) is 11.6 Å². The summed E-state index contributed by atoms with van der Waals surface area (Å²) < 4.78 is 15.4. The molecule has 0 N–H and O–H groups in total. The quantitative estimate of drug-likeness (QED) is 0.709. The Hall–Kier alpha value is -2.32. The first-order valence-corrected chi connectivity index (χ1v) is 10.3. The van der Waals surface area contributed by atoms with Gasteiger partial charge >= 0.3 is 0 Å². The van der Waals surface area contributed by atoms with E-state index in [0.717, 1.165) is 62.4 Å². The van der Waals surface area contributed by atoms with Crippen LogP contribution >= 0.6 is 12.1 Å². The number of methoxy groups -OCH3 is 2. The van der Waals surface area contributed by atoms with Gasteiger partial charge in [-0.3, -0.25) is 8.61 Å². The fourth-order valence-corrected chi connectivity index (χ4v) is 4.40. The van der Waals surface area contributed by atoms with Crippen molar-refractivity contribution in [2.75, 3.05) is 74.0 Å². The minimum Gasteiger partial charge on any atom is -0.497 e. The standard InChI is InChI=1S/C20H27N5O2S/c1-22-10-12-23(13-11-22)20-18(27-3)8-9-19(21-20)25-15-14-24(28-25)16-4-6-17(26-2)7-5-16/h4-9H,10-15H2,1-3H3. The Morgan fingerprint density at radius 3 is 2.21 bits per heavy atom. The first-order valence-electron chi connectivity index (χ1n) is 9.53. The number of pyridine rings is 1. The van der Waals surface area contributed by atoms with Crippen LogP contribution in [0.4, 0.5) is 17.3 Å². The Kier molecular flexibility index (Phi) is 5.68. The van der Waals surface area contributed by atoms with Gasteiger partial charge in [0, 0.05) is 38.4 Å². The lowest BCUT2D eigenvalue weighted by atomic mass is 10.3. The van der Waals surface area contributed by atoms with Crippen LogP contribution in [0, 0.1) is 0 Å². The van der Waals surface area contributed by atoms with Gasteiger partial charge in [-0.25, -0.2) is 4.98 Å². The number of aromatic nitrogens is 1. The van der Waals surface area contributed by atoms with E-state index < -0.39 is 0 Å². The molecule has 28 heavy (non-hydrogen) atoms. The van der Waals surface area contributed by atoms with Crippen LogP contribution < -0.4 is 23.0 Å². The lowest BCUT2D eigenvalue weighted by molar-refractivity contribution is 0.310. The molecule has 0 spiro atoms. The number of piperazine rings is 1. The molecule has 2 saturated heterocycles. The first kappa shape index (κ1) is 19.0. The summed E-state index contributed by atoms with van der Waals surface area (Å²) in [4.78, 5) is 9.64. The van der Waals surface area contributed by atoms with Gasteiger partial charge in [0.2, 0.25) is 0 Å². The zero-order valence-electron chi connectivity index (χ0n) is 16.7. The van der Waals surface area contributed by atoms with Gasteiger partial charge in [0.25, 0.3) is 0 Å². The van der Waals surface area contributed by atoms with E-state index in [9.17, 15) is 0 Å². The van der Waals surface area contributed by atoms with Gasteiger partial charge in [-0.15, -0.1) is 0 Å². The maximum atomic E-state index is 5.59. The third-order valence-electron chi connectivity index (χ3n) is 5.17. The van der Waals surface area contributed by atoms with Crippen molar-refractivity contribution in [3.8, 4) is 11.5 Å². The molecule has 0 atom stereocenters. The molecule has 0 unspecified atom stereocenters. The molecule has 0 aliphatic carbocycles. The van der Waals surface area contributed by atoms with Crippen LogP contribution in [-0.2, 0) is 0 Å². The van der Waals surface area contributed by atoms with Gasteiger partial charge in [-0.1, -0.05) is 0 Å². The first-order chi connectivity index (χ1) is 13.7. The molecule has 2 aliphatic heterocycles. The van der Waals surface area contributed by atoms with Crippen LogP contribution in [0.3, 0.4) is 0 Å². The van der Waals surface area contributed by atoms with E-state index in [-0.39, 0.29) is 0 Å². The van der Waals surface area contributed by atoms with Crippen molar-refractivity contribution in [1.82, 2.24) is 9.88 Å². The Morgan fingerprint density at radius 2 is 1.54 bits per heavy atom. The van der Waals surface area contributed by atoms with Gasteiger partial charge in [-0.05, 0) is 43.4 Å². The third-order valence-corrected chi connectivity index (χ3v) is 6.32. The summed E-state index contributed by atoms with van der Waals surface area (Å²) >= 11 is 1.70. The fourth-order valence-electron chi connectivity index (χ4n) is 3.43. The van der Waals surface area contributed by atoms with Gasteiger partial charge < -0.3 is 19.3 Å². The Morgan fingerprint density at radius 1 is 0.821 bits per heavy atom. The van der Waals surface area contributed by atoms with E-state index in [4.69, 9.17) is 14.5 Å². The largest absolute Gasteiger partial charge is 0.497 e. The monoisotopic (exact) mass is 401 g/mol. The Balaban J connectivity index is 1.50. The Labute approximate surface area is 171 Å². The van der Waals surface area contributed by atoms with Crippen LogP contribution in [0.1, 0.15) is 0 Å². The van der Waals surface area contributed by atoms with E-state index in [2.05, 4.69) is 37.6 Å². The summed E-state index contributed by atoms with van der Waals surface area (Å²) in [5.74, 6) is 3.62. The molecule has 1 aromatic heterocycles.